The molecule has 26 heavy (non-hydrogen) atoms. The van der Waals surface area contributed by atoms with Crippen molar-refractivity contribution in [1.29, 1.82) is 0 Å². The summed E-state index contributed by atoms with van der Waals surface area (Å²) in [7, 11) is 2.11. The number of aryl methyl sites for hydroxylation is 1. The largest absolute Gasteiger partial charge is 0.337 e. The zero-order valence-electron chi connectivity index (χ0n) is 15.6. The predicted octanol–water partition coefficient (Wildman–Crippen LogP) is 3.36. The molecule has 2 N–H and O–H groups in total. The van der Waals surface area contributed by atoms with Crippen LogP contribution in [-0.2, 0) is 6.54 Å². The first-order valence-corrected chi connectivity index (χ1v) is 9.23. The molecule has 2 heterocycles. The van der Waals surface area contributed by atoms with Gasteiger partial charge in [-0.2, -0.15) is 5.10 Å². The van der Waals surface area contributed by atoms with E-state index in [4.69, 9.17) is 11.6 Å². The Labute approximate surface area is 159 Å². The highest BCUT2D eigenvalue weighted by Gasteiger charge is 2.32. The van der Waals surface area contributed by atoms with Gasteiger partial charge in [0.15, 0.2) is 0 Å². The molecule has 1 aromatic heterocycles. The van der Waals surface area contributed by atoms with Gasteiger partial charge in [-0.05, 0) is 50.0 Å². The van der Waals surface area contributed by atoms with Crippen LogP contribution in [0.5, 0.6) is 0 Å². The topological polar surface area (TPSA) is 62.2 Å². The Morgan fingerprint density at radius 1 is 1.42 bits per heavy atom. The van der Waals surface area contributed by atoms with Gasteiger partial charge in [0.25, 0.3) is 0 Å². The summed E-state index contributed by atoms with van der Waals surface area (Å²) in [5.41, 5.74) is 2.09. The minimum atomic E-state index is -0.197. The van der Waals surface area contributed by atoms with Crippen molar-refractivity contribution in [2.75, 3.05) is 32.0 Å². The van der Waals surface area contributed by atoms with Crippen LogP contribution in [0.25, 0.3) is 0 Å². The third-order valence-corrected chi connectivity index (χ3v) is 5.14. The highest BCUT2D eigenvalue weighted by molar-refractivity contribution is 6.30. The lowest BCUT2D eigenvalue weighted by Crippen LogP contribution is -2.39. The molecule has 1 aromatic carbocycles. The third kappa shape index (κ3) is 4.56. The lowest BCUT2D eigenvalue weighted by molar-refractivity contribution is 0.241. The van der Waals surface area contributed by atoms with E-state index < -0.39 is 0 Å². The first kappa shape index (κ1) is 18.7. The van der Waals surface area contributed by atoms with Gasteiger partial charge >= 0.3 is 6.03 Å². The van der Waals surface area contributed by atoms with E-state index in [2.05, 4.69) is 34.6 Å². The number of urea groups is 1. The van der Waals surface area contributed by atoms with Gasteiger partial charge in [-0.15, -0.1) is 0 Å². The Morgan fingerprint density at radius 2 is 2.23 bits per heavy atom. The average molecular weight is 376 g/mol. The summed E-state index contributed by atoms with van der Waals surface area (Å²) in [4.78, 5) is 14.7. The number of nitrogens with zero attached hydrogens (tertiary/aromatic N) is 3. The fraction of sp³-hybridized carbons (Fsp3) is 0.474. The average Bonchev–Trinajstić information content (AvgIpc) is 3.10. The molecule has 2 amide bonds. The summed E-state index contributed by atoms with van der Waals surface area (Å²) in [5, 5.41) is 11.0. The standard InChI is InChI=1S/C19H26ClN5O/c1-14-10-22-25(11-15-5-4-6-16(20)9-15)17(14)23-18(26)21-12-19(2)7-8-24(3)13-19/h4-6,9-10H,7-8,11-13H2,1-3H3,(H2,21,23,26). The van der Waals surface area contributed by atoms with Crippen LogP contribution in [0.2, 0.25) is 5.02 Å². The van der Waals surface area contributed by atoms with Crippen molar-refractivity contribution in [3.8, 4) is 0 Å². The highest BCUT2D eigenvalue weighted by Crippen LogP contribution is 2.28. The van der Waals surface area contributed by atoms with Crippen LogP contribution in [0.4, 0.5) is 10.6 Å². The maximum absolute atomic E-state index is 12.4. The minimum Gasteiger partial charge on any atom is -0.337 e. The fourth-order valence-electron chi connectivity index (χ4n) is 3.43. The molecule has 2 aromatic rings. The Balaban J connectivity index is 1.62. The Kier molecular flexibility index (Phi) is 5.53. The van der Waals surface area contributed by atoms with Crippen LogP contribution in [0.1, 0.15) is 24.5 Å². The Morgan fingerprint density at radius 3 is 2.92 bits per heavy atom. The number of amides is 2. The van der Waals surface area contributed by atoms with Crippen molar-refractivity contribution in [1.82, 2.24) is 20.0 Å². The molecule has 0 spiro atoms. The van der Waals surface area contributed by atoms with Crippen molar-refractivity contribution in [2.24, 2.45) is 5.41 Å². The van der Waals surface area contributed by atoms with E-state index in [1.807, 2.05) is 31.2 Å². The second kappa shape index (κ2) is 7.68. The second-order valence-corrected chi connectivity index (χ2v) is 8.01. The quantitative estimate of drug-likeness (QED) is 0.842. The molecule has 7 heteroatoms. The molecular weight excluding hydrogens is 350 g/mol. The number of rotatable bonds is 5. The zero-order chi connectivity index (χ0) is 18.7. The summed E-state index contributed by atoms with van der Waals surface area (Å²) in [5.74, 6) is 0.705. The van der Waals surface area contributed by atoms with E-state index in [0.717, 1.165) is 30.6 Å². The number of likely N-dealkylation sites (tertiary alicyclic amines) is 1. The van der Waals surface area contributed by atoms with Gasteiger partial charge in [-0.25, -0.2) is 9.48 Å². The lowest BCUT2D eigenvalue weighted by Gasteiger charge is -2.24. The molecular formula is C19H26ClN5O. The lowest BCUT2D eigenvalue weighted by atomic mass is 9.90. The summed E-state index contributed by atoms with van der Waals surface area (Å²) in [6.07, 6.45) is 2.85. The minimum absolute atomic E-state index is 0.127. The van der Waals surface area contributed by atoms with Gasteiger partial charge in [-0.1, -0.05) is 30.7 Å². The van der Waals surface area contributed by atoms with Crippen molar-refractivity contribution in [2.45, 2.75) is 26.8 Å². The van der Waals surface area contributed by atoms with E-state index in [0.29, 0.717) is 23.9 Å². The van der Waals surface area contributed by atoms with Crippen molar-refractivity contribution >= 4 is 23.4 Å². The van der Waals surface area contributed by atoms with Crippen LogP contribution in [0, 0.1) is 12.3 Å². The van der Waals surface area contributed by atoms with Gasteiger partial charge in [0, 0.05) is 23.7 Å². The summed E-state index contributed by atoms with van der Waals surface area (Å²) >= 11 is 6.05. The number of benzene rings is 1. The van der Waals surface area contributed by atoms with Gasteiger partial charge in [0.1, 0.15) is 5.82 Å². The molecule has 0 saturated carbocycles. The smallest absolute Gasteiger partial charge is 0.320 e. The molecule has 1 saturated heterocycles. The molecule has 0 radical (unpaired) electrons. The van der Waals surface area contributed by atoms with E-state index >= 15 is 0 Å². The van der Waals surface area contributed by atoms with Gasteiger partial charge in [0.05, 0.1) is 12.7 Å². The Hall–Kier alpha value is -2.05. The van der Waals surface area contributed by atoms with E-state index in [9.17, 15) is 4.79 Å². The van der Waals surface area contributed by atoms with Gasteiger partial charge in [-0.3, -0.25) is 5.32 Å². The van der Waals surface area contributed by atoms with Gasteiger partial charge in [0.2, 0.25) is 0 Å². The van der Waals surface area contributed by atoms with Crippen LogP contribution in [0.15, 0.2) is 30.5 Å². The number of hydrogen-bond donors (Lipinski definition) is 2. The molecule has 3 rings (SSSR count). The van der Waals surface area contributed by atoms with E-state index in [1.54, 1.807) is 10.9 Å². The van der Waals surface area contributed by atoms with E-state index in [-0.39, 0.29) is 11.4 Å². The zero-order valence-corrected chi connectivity index (χ0v) is 16.3. The molecule has 1 fully saturated rings. The first-order chi connectivity index (χ1) is 12.3. The molecule has 0 aliphatic carbocycles. The third-order valence-electron chi connectivity index (χ3n) is 4.90. The molecule has 0 bridgehead atoms. The van der Waals surface area contributed by atoms with Gasteiger partial charge < -0.3 is 10.2 Å². The molecule has 1 unspecified atom stereocenters. The molecule has 1 atom stereocenters. The summed E-state index contributed by atoms with van der Waals surface area (Å²) in [6, 6.07) is 7.45. The number of carbonyl (C=O) groups excluding carboxylic acids is 1. The van der Waals surface area contributed by atoms with Crippen LogP contribution in [-0.4, -0.2) is 47.4 Å². The number of nitrogens with one attached hydrogen (secondary N) is 2. The number of carbonyl (C=O) groups is 1. The number of halogens is 1. The maximum atomic E-state index is 12.4. The first-order valence-electron chi connectivity index (χ1n) is 8.85. The maximum Gasteiger partial charge on any atom is 0.320 e. The second-order valence-electron chi connectivity index (χ2n) is 7.57. The van der Waals surface area contributed by atoms with Crippen LogP contribution < -0.4 is 10.6 Å². The van der Waals surface area contributed by atoms with Crippen LogP contribution >= 0.6 is 11.6 Å². The highest BCUT2D eigenvalue weighted by atomic mass is 35.5. The van der Waals surface area contributed by atoms with Crippen LogP contribution in [0.3, 0.4) is 0 Å². The molecule has 140 valence electrons. The number of aromatic nitrogens is 2. The SMILES string of the molecule is Cc1cnn(Cc2cccc(Cl)c2)c1NC(=O)NCC1(C)CCN(C)C1. The summed E-state index contributed by atoms with van der Waals surface area (Å²) < 4.78 is 1.78. The number of hydrogen-bond acceptors (Lipinski definition) is 3. The molecule has 6 nitrogen and oxygen atoms in total. The van der Waals surface area contributed by atoms with Crippen molar-refractivity contribution in [3.05, 3.63) is 46.6 Å². The van der Waals surface area contributed by atoms with E-state index in [1.165, 1.54) is 0 Å². The van der Waals surface area contributed by atoms with Crippen molar-refractivity contribution < 1.29 is 4.79 Å². The molecule has 1 aliphatic rings. The fourth-order valence-corrected chi connectivity index (χ4v) is 3.64. The predicted molar refractivity (Wildman–Crippen MR) is 105 cm³/mol. The Bertz CT molecular complexity index is 790. The molecule has 1 aliphatic heterocycles. The monoisotopic (exact) mass is 375 g/mol. The van der Waals surface area contributed by atoms with Crippen molar-refractivity contribution in [3.63, 3.8) is 0 Å². The normalized spacial score (nSPS) is 20.3. The summed E-state index contributed by atoms with van der Waals surface area (Å²) in [6.45, 7) is 7.43. The number of anilines is 1.